The number of para-hydroxylation sites is 2. The molecule has 19 heavy (non-hydrogen) atoms. The van der Waals surface area contributed by atoms with Crippen LogP contribution in [0.25, 0.3) is 16.4 Å². The molecular weight excluding hydrogens is 264 g/mol. The number of hydrogen-bond donors (Lipinski definition) is 0. The van der Waals surface area contributed by atoms with Crippen LogP contribution in [0.2, 0.25) is 0 Å². The summed E-state index contributed by atoms with van der Waals surface area (Å²) in [7, 11) is 0. The molecule has 7 heteroatoms. The molecule has 0 aliphatic carbocycles. The lowest BCUT2D eigenvalue weighted by Crippen LogP contribution is -2.02. The van der Waals surface area contributed by atoms with E-state index in [1.165, 1.54) is 22.1 Å². The van der Waals surface area contributed by atoms with E-state index in [-0.39, 0.29) is 5.69 Å². The summed E-state index contributed by atoms with van der Waals surface area (Å²) in [6.45, 7) is 0. The van der Waals surface area contributed by atoms with E-state index in [1.54, 1.807) is 36.7 Å². The van der Waals surface area contributed by atoms with Gasteiger partial charge in [-0.1, -0.05) is 12.1 Å². The second-order valence-corrected chi connectivity index (χ2v) is 4.61. The van der Waals surface area contributed by atoms with E-state index in [2.05, 4.69) is 10.1 Å². The van der Waals surface area contributed by atoms with Crippen molar-refractivity contribution in [2.24, 2.45) is 0 Å². The summed E-state index contributed by atoms with van der Waals surface area (Å²) in [5.41, 5.74) is 1.19. The van der Waals surface area contributed by atoms with Crippen molar-refractivity contribution in [3.8, 4) is 16.4 Å². The largest absolute Gasteiger partial charge is 0.294 e. The maximum absolute atomic E-state index is 11.1. The van der Waals surface area contributed by atoms with Gasteiger partial charge in [0, 0.05) is 17.6 Å². The van der Waals surface area contributed by atoms with Gasteiger partial charge < -0.3 is 0 Å². The van der Waals surface area contributed by atoms with Gasteiger partial charge >= 0.3 is 0 Å². The third kappa shape index (κ3) is 2.00. The molecule has 0 radical (unpaired) electrons. The zero-order valence-electron chi connectivity index (χ0n) is 9.63. The van der Waals surface area contributed by atoms with Crippen LogP contribution in [0.3, 0.4) is 0 Å². The second kappa shape index (κ2) is 4.62. The van der Waals surface area contributed by atoms with E-state index in [1.807, 2.05) is 5.38 Å². The lowest BCUT2D eigenvalue weighted by molar-refractivity contribution is -0.384. The summed E-state index contributed by atoms with van der Waals surface area (Å²) in [5.74, 6) is 0. The summed E-state index contributed by atoms with van der Waals surface area (Å²) >= 11 is 1.46. The summed E-state index contributed by atoms with van der Waals surface area (Å²) < 4.78 is 1.54. The Balaban J connectivity index is 2.19. The standard InChI is InChI=1S/C12H8N4O2S/c17-16(18)10-4-2-1-3-9(10)15-11(5-6-14-15)12-13-7-8-19-12/h1-8H. The van der Waals surface area contributed by atoms with Crippen LogP contribution >= 0.6 is 11.3 Å². The van der Waals surface area contributed by atoms with Crippen molar-refractivity contribution in [2.45, 2.75) is 0 Å². The predicted molar refractivity (Wildman–Crippen MR) is 71.3 cm³/mol. The van der Waals surface area contributed by atoms with Crippen LogP contribution in [0.5, 0.6) is 0 Å². The van der Waals surface area contributed by atoms with Crippen LogP contribution in [0.4, 0.5) is 5.69 Å². The summed E-state index contributed by atoms with van der Waals surface area (Å²) in [6, 6.07) is 8.30. The monoisotopic (exact) mass is 272 g/mol. The smallest absolute Gasteiger partial charge is 0.258 e. The van der Waals surface area contributed by atoms with Gasteiger partial charge in [0.15, 0.2) is 0 Å². The fourth-order valence-electron chi connectivity index (χ4n) is 1.80. The van der Waals surface area contributed by atoms with Gasteiger partial charge in [-0.15, -0.1) is 11.3 Å². The maximum atomic E-state index is 11.1. The first-order chi connectivity index (χ1) is 9.27. The van der Waals surface area contributed by atoms with Crippen molar-refractivity contribution in [1.29, 1.82) is 0 Å². The fourth-order valence-corrected chi connectivity index (χ4v) is 2.45. The Labute approximate surface area is 112 Å². The maximum Gasteiger partial charge on any atom is 0.294 e. The Morgan fingerprint density at radius 3 is 2.79 bits per heavy atom. The molecule has 6 nitrogen and oxygen atoms in total. The van der Waals surface area contributed by atoms with Gasteiger partial charge in [-0.25, -0.2) is 9.67 Å². The highest BCUT2D eigenvalue weighted by Crippen LogP contribution is 2.28. The summed E-state index contributed by atoms with van der Waals surface area (Å²) in [5, 5.41) is 17.9. The molecular formula is C12H8N4O2S. The molecule has 2 heterocycles. The predicted octanol–water partition coefficient (Wildman–Crippen LogP) is 2.90. The SMILES string of the molecule is O=[N+]([O-])c1ccccc1-n1nccc1-c1nccs1. The molecule has 0 N–H and O–H groups in total. The number of aromatic nitrogens is 3. The lowest BCUT2D eigenvalue weighted by Gasteiger charge is -2.05. The van der Waals surface area contributed by atoms with Gasteiger partial charge in [0.2, 0.25) is 0 Å². The number of nitro benzene ring substituents is 1. The first-order valence-electron chi connectivity index (χ1n) is 5.45. The minimum atomic E-state index is -0.414. The molecule has 2 aromatic heterocycles. The molecule has 3 aromatic rings. The average molecular weight is 272 g/mol. The van der Waals surface area contributed by atoms with Crippen molar-refractivity contribution < 1.29 is 4.92 Å². The quantitative estimate of drug-likeness (QED) is 0.542. The van der Waals surface area contributed by atoms with E-state index < -0.39 is 4.92 Å². The summed E-state index contributed by atoms with van der Waals surface area (Å²) in [4.78, 5) is 14.9. The molecule has 0 saturated carbocycles. The van der Waals surface area contributed by atoms with Gasteiger partial charge in [0.25, 0.3) is 5.69 Å². The molecule has 0 fully saturated rings. The van der Waals surface area contributed by atoms with Gasteiger partial charge in [-0.3, -0.25) is 10.1 Å². The first-order valence-corrected chi connectivity index (χ1v) is 6.33. The minimum Gasteiger partial charge on any atom is -0.258 e. The van der Waals surface area contributed by atoms with Crippen LogP contribution in [-0.4, -0.2) is 19.7 Å². The molecule has 0 amide bonds. The lowest BCUT2D eigenvalue weighted by atomic mass is 10.2. The Morgan fingerprint density at radius 2 is 2.05 bits per heavy atom. The zero-order chi connectivity index (χ0) is 13.2. The molecule has 3 rings (SSSR count). The summed E-state index contributed by atoms with van der Waals surface area (Å²) in [6.07, 6.45) is 3.30. The Morgan fingerprint density at radius 1 is 1.21 bits per heavy atom. The fraction of sp³-hybridized carbons (Fsp3) is 0. The number of rotatable bonds is 3. The second-order valence-electron chi connectivity index (χ2n) is 3.71. The van der Waals surface area contributed by atoms with E-state index in [9.17, 15) is 10.1 Å². The van der Waals surface area contributed by atoms with E-state index in [0.29, 0.717) is 5.69 Å². The van der Waals surface area contributed by atoms with E-state index in [4.69, 9.17) is 0 Å². The molecule has 0 aliphatic rings. The van der Waals surface area contributed by atoms with Gasteiger partial charge in [-0.2, -0.15) is 5.10 Å². The number of nitro groups is 1. The van der Waals surface area contributed by atoms with E-state index >= 15 is 0 Å². The van der Waals surface area contributed by atoms with Crippen LogP contribution in [-0.2, 0) is 0 Å². The highest BCUT2D eigenvalue weighted by Gasteiger charge is 2.18. The number of benzene rings is 1. The normalized spacial score (nSPS) is 10.5. The van der Waals surface area contributed by atoms with Crippen LogP contribution in [0.15, 0.2) is 48.1 Å². The molecule has 0 atom stereocenters. The Bertz CT molecular complexity index is 721. The van der Waals surface area contributed by atoms with Gasteiger partial charge in [0.1, 0.15) is 16.4 Å². The molecule has 0 bridgehead atoms. The van der Waals surface area contributed by atoms with Crippen LogP contribution in [0.1, 0.15) is 0 Å². The molecule has 0 spiro atoms. The Hall–Kier alpha value is -2.54. The Kier molecular flexibility index (Phi) is 2.81. The van der Waals surface area contributed by atoms with Crippen molar-refractivity contribution >= 4 is 17.0 Å². The zero-order valence-corrected chi connectivity index (χ0v) is 10.4. The highest BCUT2D eigenvalue weighted by molar-refractivity contribution is 7.13. The topological polar surface area (TPSA) is 73.8 Å². The van der Waals surface area contributed by atoms with Crippen molar-refractivity contribution in [3.63, 3.8) is 0 Å². The van der Waals surface area contributed by atoms with Crippen LogP contribution in [0, 0.1) is 10.1 Å². The van der Waals surface area contributed by atoms with Crippen molar-refractivity contribution in [2.75, 3.05) is 0 Å². The van der Waals surface area contributed by atoms with E-state index in [0.717, 1.165) is 10.7 Å². The molecule has 94 valence electrons. The molecule has 0 aliphatic heterocycles. The van der Waals surface area contributed by atoms with Crippen LogP contribution < -0.4 is 0 Å². The van der Waals surface area contributed by atoms with Crippen molar-refractivity contribution in [3.05, 3.63) is 58.2 Å². The van der Waals surface area contributed by atoms with Gasteiger partial charge in [-0.05, 0) is 12.1 Å². The number of thiazole rings is 1. The number of nitrogens with zero attached hydrogens (tertiary/aromatic N) is 4. The molecule has 1 aromatic carbocycles. The van der Waals surface area contributed by atoms with Gasteiger partial charge in [0.05, 0.1) is 11.1 Å². The first kappa shape index (κ1) is 11.5. The third-order valence-corrected chi connectivity index (χ3v) is 3.40. The highest BCUT2D eigenvalue weighted by atomic mass is 32.1. The van der Waals surface area contributed by atoms with Crippen molar-refractivity contribution in [1.82, 2.24) is 14.8 Å². The molecule has 0 unspecified atom stereocenters. The average Bonchev–Trinajstić information content (AvgIpc) is 3.09. The minimum absolute atomic E-state index is 0.0176. The number of hydrogen-bond acceptors (Lipinski definition) is 5. The molecule has 0 saturated heterocycles. The third-order valence-electron chi connectivity index (χ3n) is 2.60.